The first-order valence-corrected chi connectivity index (χ1v) is 11.1. The highest BCUT2D eigenvalue weighted by Crippen LogP contribution is 2.34. The van der Waals surface area contributed by atoms with E-state index in [1.165, 1.54) is 14.0 Å². The summed E-state index contributed by atoms with van der Waals surface area (Å²) in [7, 11) is 1.49. The zero-order valence-electron chi connectivity index (χ0n) is 18.7. The van der Waals surface area contributed by atoms with Gasteiger partial charge in [-0.3, -0.25) is 14.4 Å². The Hall–Kier alpha value is -3.93. The molecule has 2 aromatic carbocycles. The number of halogens is 3. The van der Waals surface area contributed by atoms with Crippen LogP contribution in [0.4, 0.5) is 18.9 Å². The van der Waals surface area contributed by atoms with Gasteiger partial charge in [-0.2, -0.15) is 13.2 Å². The van der Waals surface area contributed by atoms with Crippen LogP contribution < -0.4 is 20.7 Å². The molecule has 0 fully saturated rings. The summed E-state index contributed by atoms with van der Waals surface area (Å²) in [6.07, 6.45) is -4.72. The van der Waals surface area contributed by atoms with Crippen LogP contribution in [0.25, 0.3) is 0 Å². The molecule has 12 heteroatoms. The monoisotopic (exact) mass is 506 g/mol. The van der Waals surface area contributed by atoms with Crippen molar-refractivity contribution in [3.8, 4) is 5.75 Å². The number of hydrogen-bond donors (Lipinski definition) is 3. The summed E-state index contributed by atoms with van der Waals surface area (Å²) in [6, 6.07) is 12.9. The number of aryl methyl sites for hydroxylation is 1. The van der Waals surface area contributed by atoms with E-state index in [1.807, 2.05) is 0 Å². The maximum atomic E-state index is 13.1. The molecule has 0 atom stereocenters. The van der Waals surface area contributed by atoms with Crippen molar-refractivity contribution in [3.05, 3.63) is 75.2 Å². The Bertz CT molecular complexity index is 1230. The lowest BCUT2D eigenvalue weighted by molar-refractivity contribution is -0.141. The molecule has 35 heavy (non-hydrogen) atoms. The molecule has 0 bridgehead atoms. The minimum absolute atomic E-state index is 0.00980. The van der Waals surface area contributed by atoms with Crippen molar-refractivity contribution in [2.75, 3.05) is 19.0 Å². The predicted molar refractivity (Wildman–Crippen MR) is 123 cm³/mol. The number of rotatable bonds is 8. The third-order valence-corrected chi connectivity index (χ3v) is 5.60. The Morgan fingerprint density at radius 1 is 1.03 bits per heavy atom. The van der Waals surface area contributed by atoms with Crippen molar-refractivity contribution >= 4 is 34.7 Å². The number of anilines is 1. The SMILES string of the molecule is CNC(=O)c1ccccc1NC(=O)COc1ccc(CNC(=O)c2sc(C)nc2C(F)(F)F)cc1. The molecule has 0 radical (unpaired) electrons. The van der Waals surface area contributed by atoms with Crippen molar-refractivity contribution in [2.24, 2.45) is 0 Å². The molecule has 3 amide bonds. The number of para-hydroxylation sites is 1. The van der Waals surface area contributed by atoms with Crippen LogP contribution in [-0.2, 0) is 17.5 Å². The van der Waals surface area contributed by atoms with Gasteiger partial charge in [-0.15, -0.1) is 11.3 Å². The van der Waals surface area contributed by atoms with Gasteiger partial charge in [-0.05, 0) is 36.8 Å². The molecule has 0 spiro atoms. The number of carbonyl (C=O) groups excluding carboxylic acids is 3. The summed E-state index contributed by atoms with van der Waals surface area (Å²) in [4.78, 5) is 39.3. The first-order valence-electron chi connectivity index (χ1n) is 10.2. The number of amides is 3. The third kappa shape index (κ3) is 6.79. The number of thiazole rings is 1. The fourth-order valence-corrected chi connectivity index (χ4v) is 3.85. The Balaban J connectivity index is 1.53. The maximum absolute atomic E-state index is 13.1. The average molecular weight is 507 g/mol. The molecule has 0 unspecified atom stereocenters. The molecule has 3 aromatic rings. The van der Waals surface area contributed by atoms with E-state index >= 15 is 0 Å². The minimum Gasteiger partial charge on any atom is -0.484 e. The molecule has 3 N–H and O–H groups in total. The fraction of sp³-hybridized carbons (Fsp3) is 0.217. The van der Waals surface area contributed by atoms with Gasteiger partial charge in [0.05, 0.1) is 16.3 Å². The van der Waals surface area contributed by atoms with E-state index in [0.29, 0.717) is 33.9 Å². The summed E-state index contributed by atoms with van der Waals surface area (Å²) in [5.41, 5.74) is 0.0730. The number of alkyl halides is 3. The first kappa shape index (κ1) is 25.7. The maximum Gasteiger partial charge on any atom is 0.435 e. The van der Waals surface area contributed by atoms with Crippen molar-refractivity contribution in [1.29, 1.82) is 0 Å². The second-order valence-corrected chi connectivity index (χ2v) is 8.40. The van der Waals surface area contributed by atoms with E-state index in [2.05, 4.69) is 20.9 Å². The highest BCUT2D eigenvalue weighted by molar-refractivity contribution is 7.13. The van der Waals surface area contributed by atoms with Crippen molar-refractivity contribution in [2.45, 2.75) is 19.6 Å². The number of nitrogens with zero attached hydrogens (tertiary/aromatic N) is 1. The fourth-order valence-electron chi connectivity index (χ4n) is 3.00. The molecule has 0 aliphatic carbocycles. The van der Waals surface area contributed by atoms with Crippen LogP contribution in [0.1, 0.15) is 36.3 Å². The van der Waals surface area contributed by atoms with Crippen LogP contribution in [0.5, 0.6) is 5.75 Å². The Morgan fingerprint density at radius 3 is 2.37 bits per heavy atom. The number of benzene rings is 2. The minimum atomic E-state index is -4.72. The van der Waals surface area contributed by atoms with Gasteiger partial charge in [0.2, 0.25) is 0 Å². The zero-order chi connectivity index (χ0) is 25.6. The number of nitrogens with one attached hydrogen (secondary N) is 3. The van der Waals surface area contributed by atoms with Crippen LogP contribution in [0.15, 0.2) is 48.5 Å². The molecule has 3 rings (SSSR count). The van der Waals surface area contributed by atoms with Gasteiger partial charge in [0.1, 0.15) is 10.6 Å². The lowest BCUT2D eigenvalue weighted by Gasteiger charge is -2.11. The van der Waals surface area contributed by atoms with Crippen LogP contribution in [0.2, 0.25) is 0 Å². The standard InChI is InChI=1S/C23H21F3N4O4S/c1-13-29-20(23(24,25)26)19(35-13)22(33)28-11-14-7-9-15(10-8-14)34-12-18(31)30-17-6-4-3-5-16(17)21(32)27-2/h3-10H,11-12H2,1-2H3,(H,27,32)(H,28,33)(H,30,31). The van der Waals surface area contributed by atoms with Gasteiger partial charge in [-0.1, -0.05) is 24.3 Å². The number of aromatic nitrogens is 1. The largest absolute Gasteiger partial charge is 0.484 e. The molecule has 1 heterocycles. The van der Waals surface area contributed by atoms with E-state index in [0.717, 1.165) is 0 Å². The van der Waals surface area contributed by atoms with Crippen molar-refractivity contribution < 1.29 is 32.3 Å². The average Bonchev–Trinajstić information content (AvgIpc) is 3.24. The highest BCUT2D eigenvalue weighted by Gasteiger charge is 2.39. The predicted octanol–water partition coefficient (Wildman–Crippen LogP) is 3.78. The first-order chi connectivity index (χ1) is 16.6. The molecule has 8 nitrogen and oxygen atoms in total. The topological polar surface area (TPSA) is 109 Å². The molecule has 1 aromatic heterocycles. The summed E-state index contributed by atoms with van der Waals surface area (Å²) < 4.78 is 44.6. The molecule has 0 aliphatic rings. The van der Waals surface area contributed by atoms with Gasteiger partial charge in [0, 0.05) is 13.6 Å². The van der Waals surface area contributed by atoms with E-state index in [-0.39, 0.29) is 24.1 Å². The van der Waals surface area contributed by atoms with E-state index in [4.69, 9.17) is 4.74 Å². The lowest BCUT2D eigenvalue weighted by Crippen LogP contribution is -2.25. The molecular formula is C23H21F3N4O4S. The Kier molecular flexibility index (Phi) is 8.07. The van der Waals surface area contributed by atoms with Gasteiger partial charge in [-0.25, -0.2) is 4.98 Å². The summed E-state index contributed by atoms with van der Waals surface area (Å²) in [5.74, 6) is -1.31. The normalized spacial score (nSPS) is 11.0. The lowest BCUT2D eigenvalue weighted by atomic mass is 10.1. The summed E-state index contributed by atoms with van der Waals surface area (Å²) in [5, 5.41) is 7.71. The van der Waals surface area contributed by atoms with Crippen molar-refractivity contribution in [1.82, 2.24) is 15.6 Å². The molecular weight excluding hydrogens is 485 g/mol. The van der Waals surface area contributed by atoms with E-state index < -0.39 is 28.6 Å². The van der Waals surface area contributed by atoms with Gasteiger partial charge < -0.3 is 20.7 Å². The second kappa shape index (κ2) is 11.0. The van der Waals surface area contributed by atoms with Gasteiger partial charge >= 0.3 is 6.18 Å². The van der Waals surface area contributed by atoms with E-state index in [9.17, 15) is 27.6 Å². The molecule has 184 valence electrons. The molecule has 0 saturated heterocycles. The summed E-state index contributed by atoms with van der Waals surface area (Å²) >= 11 is 0.677. The quantitative estimate of drug-likeness (QED) is 0.431. The smallest absolute Gasteiger partial charge is 0.435 e. The van der Waals surface area contributed by atoms with Gasteiger partial charge in [0.15, 0.2) is 12.3 Å². The van der Waals surface area contributed by atoms with Crippen LogP contribution in [0.3, 0.4) is 0 Å². The van der Waals surface area contributed by atoms with Crippen LogP contribution in [-0.4, -0.2) is 36.4 Å². The molecule has 0 aliphatic heterocycles. The zero-order valence-corrected chi connectivity index (χ0v) is 19.5. The molecule has 0 saturated carbocycles. The van der Waals surface area contributed by atoms with Crippen molar-refractivity contribution in [3.63, 3.8) is 0 Å². The third-order valence-electron chi connectivity index (χ3n) is 4.63. The van der Waals surface area contributed by atoms with Crippen LogP contribution >= 0.6 is 11.3 Å². The number of carbonyl (C=O) groups is 3. The Morgan fingerprint density at radius 2 is 1.71 bits per heavy atom. The number of hydrogen-bond acceptors (Lipinski definition) is 6. The van der Waals surface area contributed by atoms with E-state index in [1.54, 1.807) is 48.5 Å². The van der Waals surface area contributed by atoms with Crippen LogP contribution in [0, 0.1) is 6.92 Å². The summed E-state index contributed by atoms with van der Waals surface area (Å²) in [6.45, 7) is 1.07. The van der Waals surface area contributed by atoms with Gasteiger partial charge in [0.25, 0.3) is 17.7 Å². The number of ether oxygens (including phenoxy) is 1. The highest BCUT2D eigenvalue weighted by atomic mass is 32.1. The second-order valence-electron chi connectivity index (χ2n) is 7.20. The Labute approximate surface area is 202 Å².